The molecule has 0 radical (unpaired) electrons. The Morgan fingerprint density at radius 2 is 2.00 bits per heavy atom. The van der Waals surface area contributed by atoms with Crippen molar-refractivity contribution >= 4 is 32.6 Å². The summed E-state index contributed by atoms with van der Waals surface area (Å²) in [5.74, 6) is 0. The summed E-state index contributed by atoms with van der Waals surface area (Å²) >= 11 is 0. The van der Waals surface area contributed by atoms with E-state index in [1.807, 2.05) is 4.72 Å². The van der Waals surface area contributed by atoms with Gasteiger partial charge in [-0.2, -0.15) is 0 Å². The molecule has 0 aliphatic heterocycles. The Morgan fingerprint density at radius 1 is 1.29 bits per heavy atom. The van der Waals surface area contributed by atoms with Crippen molar-refractivity contribution in [1.82, 2.24) is 15.0 Å². The molecule has 2 rings (SSSR count). The van der Waals surface area contributed by atoms with Crippen molar-refractivity contribution < 1.29 is 13.2 Å². The molecule has 0 saturated heterocycles. The number of carbonyl (C=O) groups excluding carboxylic acids is 1. The number of carbonyl (C=O) groups is 1. The minimum absolute atomic E-state index is 0.0915. The molecule has 0 unspecified atom stereocenters. The number of urea groups is 1. The Morgan fingerprint density at radius 3 is 2.67 bits per heavy atom. The first-order valence-corrected chi connectivity index (χ1v) is 7.76. The lowest BCUT2D eigenvalue weighted by Crippen LogP contribution is -2.42. The normalized spacial score (nSPS) is 11.6. The van der Waals surface area contributed by atoms with Crippen LogP contribution in [0.1, 0.15) is 13.8 Å². The van der Waals surface area contributed by atoms with Crippen LogP contribution in [0.5, 0.6) is 0 Å². The fourth-order valence-corrected chi connectivity index (χ4v) is 2.93. The van der Waals surface area contributed by atoms with E-state index in [2.05, 4.69) is 10.3 Å². The van der Waals surface area contributed by atoms with Crippen LogP contribution in [-0.2, 0) is 10.0 Å². The van der Waals surface area contributed by atoms with Crippen molar-refractivity contribution in [3.05, 3.63) is 30.5 Å². The number of fused-ring (bicyclic) bond motifs is 1. The molecule has 7 nitrogen and oxygen atoms in total. The van der Waals surface area contributed by atoms with Crippen LogP contribution in [0.2, 0.25) is 0 Å². The lowest BCUT2D eigenvalue weighted by Gasteiger charge is -2.12. The fraction of sp³-hybridized carbons (Fsp3) is 0.231. The molecule has 112 valence electrons. The summed E-state index contributed by atoms with van der Waals surface area (Å²) < 4.78 is 26.6. The Labute approximate surface area is 122 Å². The molecule has 0 spiro atoms. The summed E-state index contributed by atoms with van der Waals surface area (Å²) in [5, 5.41) is 2.97. The van der Waals surface area contributed by atoms with Gasteiger partial charge in [-0.15, -0.1) is 0 Å². The van der Waals surface area contributed by atoms with Gasteiger partial charge in [-0.1, -0.05) is 0 Å². The number of nitrogens with one attached hydrogen (secondary N) is 2. The average Bonchev–Trinajstić information content (AvgIpc) is 2.37. The third-order valence-corrected chi connectivity index (χ3v) is 4.07. The molecule has 0 bridgehead atoms. The number of hydrogen-bond donors (Lipinski definition) is 3. The van der Waals surface area contributed by atoms with Crippen LogP contribution in [0.25, 0.3) is 10.9 Å². The third-order valence-electron chi connectivity index (χ3n) is 2.70. The van der Waals surface area contributed by atoms with Crippen molar-refractivity contribution in [3.63, 3.8) is 0 Å². The van der Waals surface area contributed by atoms with Crippen LogP contribution < -0.4 is 15.8 Å². The first-order chi connectivity index (χ1) is 9.81. The van der Waals surface area contributed by atoms with Gasteiger partial charge < -0.3 is 11.1 Å². The van der Waals surface area contributed by atoms with E-state index in [0.29, 0.717) is 11.1 Å². The number of aromatic nitrogens is 1. The molecule has 0 saturated carbocycles. The second-order valence-electron chi connectivity index (χ2n) is 4.79. The van der Waals surface area contributed by atoms with Gasteiger partial charge in [0.05, 0.1) is 5.52 Å². The van der Waals surface area contributed by atoms with Crippen molar-refractivity contribution in [3.8, 4) is 0 Å². The summed E-state index contributed by atoms with van der Waals surface area (Å²) in [5.41, 5.74) is 6.45. The molecule has 0 fully saturated rings. The van der Waals surface area contributed by atoms with Crippen molar-refractivity contribution in [2.75, 3.05) is 5.73 Å². The molecular formula is C13H16N4O3S. The van der Waals surface area contributed by atoms with Crippen LogP contribution in [0.15, 0.2) is 35.4 Å². The van der Waals surface area contributed by atoms with E-state index in [-0.39, 0.29) is 16.5 Å². The quantitative estimate of drug-likeness (QED) is 0.737. The zero-order valence-electron chi connectivity index (χ0n) is 11.6. The lowest BCUT2D eigenvalue weighted by atomic mass is 10.2. The number of benzene rings is 1. The van der Waals surface area contributed by atoms with Crippen LogP contribution >= 0.6 is 0 Å². The van der Waals surface area contributed by atoms with Crippen LogP contribution in [0, 0.1) is 0 Å². The highest BCUT2D eigenvalue weighted by Crippen LogP contribution is 2.25. The van der Waals surface area contributed by atoms with Gasteiger partial charge in [0.25, 0.3) is 10.0 Å². The number of pyridine rings is 1. The molecule has 0 aliphatic rings. The average molecular weight is 308 g/mol. The second-order valence-corrected chi connectivity index (χ2v) is 6.44. The number of anilines is 1. The van der Waals surface area contributed by atoms with Crippen LogP contribution in [0.4, 0.5) is 10.5 Å². The van der Waals surface area contributed by atoms with Gasteiger partial charge in [0.2, 0.25) is 0 Å². The standard InChI is InChI=1S/C13H16N4O3S/c1-8(2)16-13(18)17-21(19,20)11-6-5-10(14)9-4-3-7-15-12(9)11/h3-8H,14H2,1-2H3,(H2,16,17,18). The number of hydrogen-bond acceptors (Lipinski definition) is 5. The molecule has 1 heterocycles. The number of nitrogens with zero attached hydrogens (tertiary/aromatic N) is 1. The number of sulfonamides is 1. The van der Waals surface area contributed by atoms with E-state index < -0.39 is 16.1 Å². The van der Waals surface area contributed by atoms with Gasteiger partial charge in [0.1, 0.15) is 4.90 Å². The minimum Gasteiger partial charge on any atom is -0.398 e. The zero-order chi connectivity index (χ0) is 15.6. The summed E-state index contributed by atoms with van der Waals surface area (Å²) in [6.07, 6.45) is 1.47. The SMILES string of the molecule is CC(C)NC(=O)NS(=O)(=O)c1ccc(N)c2cccnc12. The number of rotatable bonds is 3. The zero-order valence-corrected chi connectivity index (χ0v) is 12.4. The lowest BCUT2D eigenvalue weighted by molar-refractivity contribution is 0.243. The van der Waals surface area contributed by atoms with Crippen molar-refractivity contribution in [2.45, 2.75) is 24.8 Å². The first-order valence-electron chi connectivity index (χ1n) is 6.28. The largest absolute Gasteiger partial charge is 0.398 e. The highest BCUT2D eigenvalue weighted by Gasteiger charge is 2.21. The first kappa shape index (κ1) is 15.0. The van der Waals surface area contributed by atoms with Gasteiger partial charge in [-0.3, -0.25) is 4.98 Å². The molecule has 21 heavy (non-hydrogen) atoms. The van der Waals surface area contributed by atoms with Gasteiger partial charge >= 0.3 is 6.03 Å². The maximum absolute atomic E-state index is 12.3. The summed E-state index contributed by atoms with van der Waals surface area (Å²) in [7, 11) is -4.03. The molecule has 4 N–H and O–H groups in total. The Bertz CT molecular complexity index is 787. The predicted molar refractivity (Wildman–Crippen MR) is 80.1 cm³/mol. The predicted octanol–water partition coefficient (Wildman–Crippen LogP) is 1.21. The smallest absolute Gasteiger partial charge is 0.328 e. The Balaban J connectivity index is 2.46. The molecule has 1 aromatic heterocycles. The Hall–Kier alpha value is -2.35. The summed E-state index contributed by atoms with van der Waals surface area (Å²) in [6.45, 7) is 3.46. The Kier molecular flexibility index (Phi) is 3.99. The van der Waals surface area contributed by atoms with Crippen LogP contribution in [-0.4, -0.2) is 25.5 Å². The van der Waals surface area contributed by atoms with E-state index >= 15 is 0 Å². The molecular weight excluding hydrogens is 292 g/mol. The maximum Gasteiger partial charge on any atom is 0.328 e. The van der Waals surface area contributed by atoms with E-state index in [1.165, 1.54) is 18.3 Å². The van der Waals surface area contributed by atoms with Gasteiger partial charge in [0.15, 0.2) is 0 Å². The molecule has 2 amide bonds. The van der Waals surface area contributed by atoms with E-state index in [1.54, 1.807) is 26.0 Å². The van der Waals surface area contributed by atoms with Gasteiger partial charge in [-0.05, 0) is 38.1 Å². The van der Waals surface area contributed by atoms with Gasteiger partial charge in [0, 0.05) is 23.3 Å². The monoisotopic (exact) mass is 308 g/mol. The highest BCUT2D eigenvalue weighted by molar-refractivity contribution is 7.90. The molecule has 0 atom stereocenters. The van der Waals surface area contributed by atoms with E-state index in [0.717, 1.165) is 0 Å². The fourth-order valence-electron chi connectivity index (χ4n) is 1.85. The minimum atomic E-state index is -4.03. The molecule has 8 heteroatoms. The maximum atomic E-state index is 12.3. The van der Waals surface area contributed by atoms with Crippen LogP contribution in [0.3, 0.4) is 0 Å². The summed E-state index contributed by atoms with van der Waals surface area (Å²) in [6, 6.07) is 5.17. The molecule has 2 aromatic rings. The molecule has 1 aromatic carbocycles. The topological polar surface area (TPSA) is 114 Å². The van der Waals surface area contributed by atoms with E-state index in [4.69, 9.17) is 5.73 Å². The number of amides is 2. The number of nitrogen functional groups attached to an aromatic ring is 1. The van der Waals surface area contributed by atoms with E-state index in [9.17, 15) is 13.2 Å². The second kappa shape index (κ2) is 5.57. The third kappa shape index (κ3) is 3.22. The molecule has 0 aliphatic carbocycles. The summed E-state index contributed by atoms with van der Waals surface area (Å²) in [4.78, 5) is 15.6. The highest BCUT2D eigenvalue weighted by atomic mass is 32.2. The number of nitrogens with two attached hydrogens (primary N) is 1. The van der Waals surface area contributed by atoms with Crippen molar-refractivity contribution in [2.24, 2.45) is 0 Å². The van der Waals surface area contributed by atoms with Crippen molar-refractivity contribution in [1.29, 1.82) is 0 Å². The van der Waals surface area contributed by atoms with Gasteiger partial charge in [-0.25, -0.2) is 17.9 Å².